The van der Waals surface area contributed by atoms with Gasteiger partial charge in [0.1, 0.15) is 6.17 Å². The second kappa shape index (κ2) is 7.04. The number of carbonyl (C=O) groups is 1. The Kier molecular flexibility index (Phi) is 4.44. The van der Waals surface area contributed by atoms with Gasteiger partial charge in [-0.2, -0.15) is 0 Å². The smallest absolute Gasteiger partial charge is 0.256 e. The summed E-state index contributed by atoms with van der Waals surface area (Å²) in [6, 6.07) is 26.3. The van der Waals surface area contributed by atoms with Crippen LogP contribution in [0.5, 0.6) is 0 Å². The summed E-state index contributed by atoms with van der Waals surface area (Å²) >= 11 is 0. The van der Waals surface area contributed by atoms with Gasteiger partial charge in [-0.1, -0.05) is 73.7 Å². The first-order valence-electron chi connectivity index (χ1n) is 9.06. The van der Waals surface area contributed by atoms with Crippen LogP contribution in [0.4, 0.5) is 5.69 Å². The predicted octanol–water partition coefficient (Wildman–Crippen LogP) is 5.02. The maximum absolute atomic E-state index is 13.0. The number of rotatable bonds is 5. The van der Waals surface area contributed by atoms with Crippen LogP contribution in [0.3, 0.4) is 0 Å². The fourth-order valence-electron chi connectivity index (χ4n) is 3.59. The number of carbonyl (C=O) groups excluding carboxylic acids is 1. The summed E-state index contributed by atoms with van der Waals surface area (Å²) in [5, 5.41) is 3.62. The fraction of sp³-hybridized carbons (Fsp3) is 0.174. The lowest BCUT2D eigenvalue weighted by molar-refractivity contribution is 0.0728. The van der Waals surface area contributed by atoms with Crippen LogP contribution in [0.1, 0.15) is 40.1 Å². The van der Waals surface area contributed by atoms with Crippen molar-refractivity contribution in [3.63, 3.8) is 0 Å². The molecule has 0 aliphatic carbocycles. The van der Waals surface area contributed by atoms with E-state index in [0.717, 1.165) is 28.8 Å². The van der Waals surface area contributed by atoms with Crippen molar-refractivity contribution >= 4 is 11.6 Å². The lowest BCUT2D eigenvalue weighted by Crippen LogP contribution is -2.32. The zero-order valence-electron chi connectivity index (χ0n) is 14.9. The van der Waals surface area contributed by atoms with E-state index < -0.39 is 0 Å². The molecule has 1 N–H and O–H groups in total. The average Bonchev–Trinajstić information content (AvgIpc) is 2.95. The highest BCUT2D eigenvalue weighted by atomic mass is 16.2. The van der Waals surface area contributed by atoms with E-state index in [-0.39, 0.29) is 12.1 Å². The van der Waals surface area contributed by atoms with Gasteiger partial charge in [0.15, 0.2) is 0 Å². The number of benzene rings is 3. The molecular formula is C23H22N2O. The zero-order chi connectivity index (χ0) is 17.9. The molecule has 3 nitrogen and oxygen atoms in total. The van der Waals surface area contributed by atoms with E-state index >= 15 is 0 Å². The fourth-order valence-corrected chi connectivity index (χ4v) is 3.59. The van der Waals surface area contributed by atoms with Crippen molar-refractivity contribution in [1.82, 2.24) is 4.90 Å². The molecule has 1 atom stereocenters. The Labute approximate surface area is 154 Å². The van der Waals surface area contributed by atoms with E-state index in [9.17, 15) is 4.79 Å². The maximum Gasteiger partial charge on any atom is 0.256 e. The number of para-hydroxylation sites is 1. The highest BCUT2D eigenvalue weighted by Crippen LogP contribution is 2.36. The average molecular weight is 342 g/mol. The van der Waals surface area contributed by atoms with Crippen LogP contribution in [-0.2, 0) is 13.0 Å². The highest BCUT2D eigenvalue weighted by molar-refractivity contribution is 5.99. The van der Waals surface area contributed by atoms with Crippen molar-refractivity contribution in [1.29, 1.82) is 0 Å². The quantitative estimate of drug-likeness (QED) is 0.706. The maximum atomic E-state index is 13.0. The minimum absolute atomic E-state index is 0.0796. The molecule has 0 radical (unpaired) electrons. The SMILES string of the molecule is CCc1ccccc1NC1c2ccccc2C(=O)N1Cc1ccccc1. The van der Waals surface area contributed by atoms with Crippen molar-refractivity contribution in [2.75, 3.05) is 5.32 Å². The van der Waals surface area contributed by atoms with Crippen LogP contribution in [0.25, 0.3) is 0 Å². The zero-order valence-corrected chi connectivity index (χ0v) is 14.9. The summed E-state index contributed by atoms with van der Waals surface area (Å²) in [6.45, 7) is 2.73. The molecule has 130 valence electrons. The van der Waals surface area contributed by atoms with Crippen molar-refractivity contribution in [3.8, 4) is 0 Å². The minimum Gasteiger partial charge on any atom is -0.361 e. The van der Waals surface area contributed by atoms with Crippen molar-refractivity contribution in [2.45, 2.75) is 26.1 Å². The van der Waals surface area contributed by atoms with Crippen molar-refractivity contribution in [2.24, 2.45) is 0 Å². The second-order valence-electron chi connectivity index (χ2n) is 6.56. The first-order valence-corrected chi connectivity index (χ1v) is 9.06. The second-order valence-corrected chi connectivity index (χ2v) is 6.56. The topological polar surface area (TPSA) is 32.3 Å². The third-order valence-corrected chi connectivity index (χ3v) is 4.94. The Hall–Kier alpha value is -3.07. The van der Waals surface area contributed by atoms with E-state index in [0.29, 0.717) is 6.54 Å². The van der Waals surface area contributed by atoms with Crippen LogP contribution < -0.4 is 5.32 Å². The van der Waals surface area contributed by atoms with Gasteiger partial charge in [-0.25, -0.2) is 0 Å². The first-order chi connectivity index (χ1) is 12.8. The molecule has 0 saturated heterocycles. The Bertz CT molecular complexity index is 920. The predicted molar refractivity (Wildman–Crippen MR) is 105 cm³/mol. The van der Waals surface area contributed by atoms with E-state index in [1.165, 1.54) is 5.56 Å². The molecule has 0 spiro atoms. The molecule has 0 aromatic heterocycles. The van der Waals surface area contributed by atoms with Crippen LogP contribution in [0, 0.1) is 0 Å². The lowest BCUT2D eigenvalue weighted by Gasteiger charge is -2.28. The molecule has 4 rings (SSSR count). The Morgan fingerprint density at radius 2 is 1.58 bits per heavy atom. The number of fused-ring (bicyclic) bond motifs is 1. The summed E-state index contributed by atoms with van der Waals surface area (Å²) in [7, 11) is 0. The molecule has 1 unspecified atom stereocenters. The number of aryl methyl sites for hydroxylation is 1. The van der Waals surface area contributed by atoms with E-state index in [2.05, 4.69) is 42.6 Å². The largest absolute Gasteiger partial charge is 0.361 e. The third-order valence-electron chi connectivity index (χ3n) is 4.94. The van der Waals surface area contributed by atoms with E-state index in [1.54, 1.807) is 0 Å². The lowest BCUT2D eigenvalue weighted by atomic mass is 10.1. The number of nitrogens with zero attached hydrogens (tertiary/aromatic N) is 1. The molecule has 1 heterocycles. The number of hydrogen-bond donors (Lipinski definition) is 1. The molecule has 26 heavy (non-hydrogen) atoms. The molecule has 0 fully saturated rings. The van der Waals surface area contributed by atoms with Gasteiger partial charge in [0, 0.05) is 23.4 Å². The van der Waals surface area contributed by atoms with Crippen molar-refractivity contribution in [3.05, 3.63) is 101 Å². The molecule has 3 heteroatoms. The minimum atomic E-state index is -0.161. The Morgan fingerprint density at radius 3 is 2.38 bits per heavy atom. The van der Waals surface area contributed by atoms with Crippen LogP contribution >= 0.6 is 0 Å². The van der Waals surface area contributed by atoms with Gasteiger partial charge >= 0.3 is 0 Å². The van der Waals surface area contributed by atoms with Gasteiger partial charge in [0.05, 0.1) is 0 Å². The monoisotopic (exact) mass is 342 g/mol. The van der Waals surface area contributed by atoms with Crippen LogP contribution in [0.15, 0.2) is 78.9 Å². The van der Waals surface area contributed by atoms with Crippen LogP contribution in [-0.4, -0.2) is 10.8 Å². The summed E-state index contributed by atoms with van der Waals surface area (Å²) < 4.78 is 0. The molecule has 0 saturated carbocycles. The molecule has 3 aromatic rings. The number of hydrogen-bond acceptors (Lipinski definition) is 2. The van der Waals surface area contributed by atoms with E-state index in [4.69, 9.17) is 0 Å². The molecule has 0 bridgehead atoms. The Balaban J connectivity index is 1.71. The summed E-state index contributed by atoms with van der Waals surface area (Å²) in [5.41, 5.74) is 5.30. The summed E-state index contributed by atoms with van der Waals surface area (Å²) in [5.74, 6) is 0.0796. The van der Waals surface area contributed by atoms with Gasteiger partial charge in [-0.15, -0.1) is 0 Å². The van der Waals surface area contributed by atoms with Gasteiger partial charge < -0.3 is 10.2 Å². The molecule has 1 aliphatic heterocycles. The molecule has 1 aliphatic rings. The number of nitrogens with one attached hydrogen (secondary N) is 1. The molecule has 1 amide bonds. The highest BCUT2D eigenvalue weighted by Gasteiger charge is 2.36. The molecule has 3 aromatic carbocycles. The van der Waals surface area contributed by atoms with Gasteiger partial charge in [-0.05, 0) is 29.7 Å². The van der Waals surface area contributed by atoms with Crippen molar-refractivity contribution < 1.29 is 4.79 Å². The Morgan fingerprint density at radius 1 is 0.885 bits per heavy atom. The summed E-state index contributed by atoms with van der Waals surface area (Å²) in [6.07, 6.45) is 0.788. The van der Waals surface area contributed by atoms with Gasteiger partial charge in [-0.3, -0.25) is 4.79 Å². The van der Waals surface area contributed by atoms with Gasteiger partial charge in [0.2, 0.25) is 0 Å². The van der Waals surface area contributed by atoms with Gasteiger partial charge in [0.25, 0.3) is 5.91 Å². The standard InChI is InChI=1S/C23H22N2O/c1-2-18-12-6-9-15-21(18)24-22-19-13-7-8-14-20(19)23(26)25(22)16-17-10-4-3-5-11-17/h3-15,22,24H,2,16H2,1H3. The van der Waals surface area contributed by atoms with E-state index in [1.807, 2.05) is 53.4 Å². The number of anilines is 1. The summed E-state index contributed by atoms with van der Waals surface area (Å²) in [4.78, 5) is 15.0. The third kappa shape index (κ3) is 2.97. The van der Waals surface area contributed by atoms with Crippen LogP contribution in [0.2, 0.25) is 0 Å². The molecular weight excluding hydrogens is 320 g/mol. The normalized spacial score (nSPS) is 15.8. The number of amides is 1. The first kappa shape index (κ1) is 16.4.